The molecule has 0 fully saturated rings. The van der Waals surface area contributed by atoms with Gasteiger partial charge in [-0.25, -0.2) is 9.97 Å². The first-order valence-electron chi connectivity index (χ1n) is 6.73. The molecule has 1 N–H and O–H groups in total. The van der Waals surface area contributed by atoms with Crippen molar-refractivity contribution in [1.29, 1.82) is 0 Å². The summed E-state index contributed by atoms with van der Waals surface area (Å²) in [5, 5.41) is 5.38. The van der Waals surface area contributed by atoms with Crippen molar-refractivity contribution in [3.63, 3.8) is 0 Å². The molecular formula is C17H12N4. The average Bonchev–Trinajstić information content (AvgIpc) is 2.56. The third kappa shape index (κ3) is 2.17. The molecular weight excluding hydrogens is 260 g/mol. The largest absolute Gasteiger partial charge is 0.325 e. The Morgan fingerprint density at radius 2 is 1.43 bits per heavy atom. The molecule has 3 aromatic heterocycles. The normalized spacial score (nSPS) is 10.9. The van der Waals surface area contributed by atoms with E-state index in [0.717, 1.165) is 33.4 Å². The van der Waals surface area contributed by atoms with E-state index in [4.69, 9.17) is 0 Å². The average molecular weight is 272 g/mol. The lowest BCUT2D eigenvalue weighted by molar-refractivity contribution is 1.27. The molecule has 0 amide bonds. The van der Waals surface area contributed by atoms with Gasteiger partial charge in [-0.2, -0.15) is 0 Å². The van der Waals surface area contributed by atoms with Gasteiger partial charge in [0.2, 0.25) is 0 Å². The van der Waals surface area contributed by atoms with E-state index in [1.54, 1.807) is 12.4 Å². The highest BCUT2D eigenvalue weighted by Gasteiger charge is 2.04. The molecule has 100 valence electrons. The van der Waals surface area contributed by atoms with Gasteiger partial charge < -0.3 is 5.32 Å². The fraction of sp³-hybridized carbons (Fsp3) is 0. The molecule has 4 nitrogen and oxygen atoms in total. The number of nitrogens with one attached hydrogen (secondary N) is 1. The zero-order chi connectivity index (χ0) is 14.1. The standard InChI is InChI=1S/C17H12N4/c1-2-10-18-14(5-1)20-15-9-8-13-7-6-12-4-3-11-19-16(12)17(13)21-15/h1-11H,(H,18,20,21). The summed E-state index contributed by atoms with van der Waals surface area (Å²) in [5.41, 5.74) is 1.81. The summed E-state index contributed by atoms with van der Waals surface area (Å²) in [6.45, 7) is 0. The van der Waals surface area contributed by atoms with Crippen molar-refractivity contribution >= 4 is 33.4 Å². The fourth-order valence-electron chi connectivity index (χ4n) is 2.36. The van der Waals surface area contributed by atoms with Crippen molar-refractivity contribution < 1.29 is 0 Å². The van der Waals surface area contributed by atoms with Crippen LogP contribution in [0.5, 0.6) is 0 Å². The maximum absolute atomic E-state index is 4.69. The van der Waals surface area contributed by atoms with Crippen LogP contribution in [0.2, 0.25) is 0 Å². The number of hydrogen-bond acceptors (Lipinski definition) is 4. The predicted octanol–water partition coefficient (Wildman–Crippen LogP) is 3.92. The van der Waals surface area contributed by atoms with Gasteiger partial charge in [0.1, 0.15) is 11.6 Å². The Morgan fingerprint density at radius 1 is 0.619 bits per heavy atom. The van der Waals surface area contributed by atoms with Crippen LogP contribution in [0.4, 0.5) is 11.6 Å². The summed E-state index contributed by atoms with van der Waals surface area (Å²) < 4.78 is 0. The Labute approximate surface area is 121 Å². The second-order valence-corrected chi connectivity index (χ2v) is 4.75. The summed E-state index contributed by atoms with van der Waals surface area (Å²) >= 11 is 0. The van der Waals surface area contributed by atoms with Crippen LogP contribution in [0.1, 0.15) is 0 Å². The van der Waals surface area contributed by atoms with Crippen LogP contribution in [0.3, 0.4) is 0 Å². The zero-order valence-corrected chi connectivity index (χ0v) is 11.2. The van der Waals surface area contributed by atoms with Crippen LogP contribution < -0.4 is 5.32 Å². The maximum atomic E-state index is 4.69. The van der Waals surface area contributed by atoms with Crippen molar-refractivity contribution in [3.8, 4) is 0 Å². The van der Waals surface area contributed by atoms with Gasteiger partial charge in [-0.1, -0.05) is 24.3 Å². The highest BCUT2D eigenvalue weighted by atomic mass is 15.1. The first kappa shape index (κ1) is 11.8. The molecule has 0 unspecified atom stereocenters. The number of aromatic nitrogens is 3. The molecule has 0 bridgehead atoms. The number of benzene rings is 1. The minimum Gasteiger partial charge on any atom is -0.325 e. The first-order valence-corrected chi connectivity index (χ1v) is 6.73. The lowest BCUT2D eigenvalue weighted by atomic mass is 10.1. The molecule has 0 saturated heterocycles. The van der Waals surface area contributed by atoms with E-state index in [2.05, 4.69) is 32.4 Å². The van der Waals surface area contributed by atoms with E-state index in [1.807, 2.05) is 42.5 Å². The Bertz CT molecular complexity index is 919. The molecule has 0 aliphatic rings. The Balaban J connectivity index is 1.86. The van der Waals surface area contributed by atoms with Gasteiger partial charge in [-0.15, -0.1) is 0 Å². The van der Waals surface area contributed by atoms with Crippen LogP contribution in [-0.4, -0.2) is 15.0 Å². The number of anilines is 2. The van der Waals surface area contributed by atoms with Gasteiger partial charge in [0, 0.05) is 23.2 Å². The third-order valence-electron chi connectivity index (χ3n) is 3.35. The lowest BCUT2D eigenvalue weighted by Gasteiger charge is -2.07. The van der Waals surface area contributed by atoms with Crippen molar-refractivity contribution in [2.45, 2.75) is 0 Å². The van der Waals surface area contributed by atoms with Gasteiger partial charge >= 0.3 is 0 Å². The molecule has 0 saturated carbocycles. The molecule has 4 aromatic rings. The van der Waals surface area contributed by atoms with Crippen molar-refractivity contribution in [1.82, 2.24) is 15.0 Å². The molecule has 0 atom stereocenters. The highest BCUT2D eigenvalue weighted by molar-refractivity contribution is 6.03. The second kappa shape index (κ2) is 4.83. The zero-order valence-electron chi connectivity index (χ0n) is 11.2. The Hall–Kier alpha value is -3.01. The van der Waals surface area contributed by atoms with E-state index in [0.29, 0.717) is 0 Å². The van der Waals surface area contributed by atoms with Gasteiger partial charge in [0.15, 0.2) is 0 Å². The van der Waals surface area contributed by atoms with Gasteiger partial charge in [-0.05, 0) is 30.3 Å². The van der Waals surface area contributed by atoms with E-state index in [9.17, 15) is 0 Å². The van der Waals surface area contributed by atoms with E-state index < -0.39 is 0 Å². The van der Waals surface area contributed by atoms with Gasteiger partial charge in [0.25, 0.3) is 0 Å². The Morgan fingerprint density at radius 3 is 2.29 bits per heavy atom. The number of fused-ring (bicyclic) bond motifs is 3. The third-order valence-corrected chi connectivity index (χ3v) is 3.35. The van der Waals surface area contributed by atoms with Gasteiger partial charge in [0.05, 0.1) is 11.0 Å². The van der Waals surface area contributed by atoms with Crippen LogP contribution in [0.15, 0.2) is 67.0 Å². The molecule has 4 heteroatoms. The van der Waals surface area contributed by atoms with Crippen molar-refractivity contribution in [2.75, 3.05) is 5.32 Å². The predicted molar refractivity (Wildman–Crippen MR) is 84.6 cm³/mol. The number of pyridine rings is 3. The summed E-state index contributed by atoms with van der Waals surface area (Å²) in [5.74, 6) is 1.54. The minimum absolute atomic E-state index is 0.763. The number of hydrogen-bond donors (Lipinski definition) is 1. The molecule has 0 aliphatic heterocycles. The highest BCUT2D eigenvalue weighted by Crippen LogP contribution is 2.24. The lowest BCUT2D eigenvalue weighted by Crippen LogP contribution is -1.96. The number of rotatable bonds is 2. The molecule has 1 aromatic carbocycles. The molecule has 21 heavy (non-hydrogen) atoms. The van der Waals surface area contributed by atoms with Crippen molar-refractivity contribution in [3.05, 3.63) is 67.0 Å². The molecule has 0 aliphatic carbocycles. The van der Waals surface area contributed by atoms with E-state index in [1.165, 1.54) is 0 Å². The van der Waals surface area contributed by atoms with E-state index >= 15 is 0 Å². The topological polar surface area (TPSA) is 50.7 Å². The van der Waals surface area contributed by atoms with Crippen LogP contribution in [0, 0.1) is 0 Å². The maximum Gasteiger partial charge on any atom is 0.132 e. The summed E-state index contributed by atoms with van der Waals surface area (Å²) in [6.07, 6.45) is 3.54. The SMILES string of the molecule is c1ccc(Nc2ccc3ccc4cccnc4c3n2)nc1. The van der Waals surface area contributed by atoms with Crippen LogP contribution in [0.25, 0.3) is 21.8 Å². The monoisotopic (exact) mass is 272 g/mol. The Kier molecular flexibility index (Phi) is 2.71. The second-order valence-electron chi connectivity index (χ2n) is 4.75. The summed E-state index contributed by atoms with van der Waals surface area (Å²) in [4.78, 5) is 13.4. The first-order chi connectivity index (χ1) is 10.4. The summed E-state index contributed by atoms with van der Waals surface area (Å²) in [6, 6.07) is 17.8. The molecule has 0 spiro atoms. The van der Waals surface area contributed by atoms with E-state index in [-0.39, 0.29) is 0 Å². The van der Waals surface area contributed by atoms with Crippen molar-refractivity contribution in [2.24, 2.45) is 0 Å². The fourth-order valence-corrected chi connectivity index (χ4v) is 2.36. The molecule has 3 heterocycles. The smallest absolute Gasteiger partial charge is 0.132 e. The summed E-state index contributed by atoms with van der Waals surface area (Å²) in [7, 11) is 0. The quantitative estimate of drug-likeness (QED) is 0.562. The molecule has 0 radical (unpaired) electrons. The minimum atomic E-state index is 0.763. The number of nitrogens with zero attached hydrogens (tertiary/aromatic N) is 3. The molecule has 4 rings (SSSR count). The van der Waals surface area contributed by atoms with Gasteiger partial charge in [-0.3, -0.25) is 4.98 Å². The van der Waals surface area contributed by atoms with Crippen LogP contribution >= 0.6 is 0 Å². The van der Waals surface area contributed by atoms with Crippen LogP contribution in [-0.2, 0) is 0 Å².